The molecule has 1 aromatic rings. The number of nitrogens with one attached hydrogen (secondary N) is 2. The van der Waals surface area contributed by atoms with Crippen molar-refractivity contribution in [3.05, 3.63) is 35.4 Å². The van der Waals surface area contributed by atoms with Gasteiger partial charge in [0, 0.05) is 39.3 Å². The molecule has 2 amide bonds. The van der Waals surface area contributed by atoms with Crippen LogP contribution in [0.1, 0.15) is 62.9 Å². The summed E-state index contributed by atoms with van der Waals surface area (Å²) >= 11 is 0. The van der Waals surface area contributed by atoms with Gasteiger partial charge < -0.3 is 25.2 Å². The van der Waals surface area contributed by atoms with E-state index in [0.717, 1.165) is 31.4 Å². The van der Waals surface area contributed by atoms with Crippen molar-refractivity contribution < 1.29 is 14.3 Å². The molecule has 0 bridgehead atoms. The molecule has 1 aromatic carbocycles. The van der Waals surface area contributed by atoms with Crippen LogP contribution >= 0.6 is 0 Å². The molecule has 2 rings (SSSR count). The Kier molecular flexibility index (Phi) is 9.35. The van der Waals surface area contributed by atoms with Crippen LogP contribution < -0.4 is 10.6 Å². The number of carbonyl (C=O) groups is 2. The number of carbonyl (C=O) groups excluding carboxylic acids is 2. The van der Waals surface area contributed by atoms with E-state index in [1.807, 2.05) is 56.9 Å². The zero-order valence-electron chi connectivity index (χ0n) is 20.4. The Morgan fingerprint density at radius 2 is 1.84 bits per heavy atom. The Morgan fingerprint density at radius 1 is 1.16 bits per heavy atom. The highest BCUT2D eigenvalue weighted by molar-refractivity contribution is 5.93. The van der Waals surface area contributed by atoms with Gasteiger partial charge in [0.15, 0.2) is 5.96 Å². The first-order valence-electron chi connectivity index (χ1n) is 11.4. The first kappa shape index (κ1) is 25.5. The van der Waals surface area contributed by atoms with Crippen molar-refractivity contribution in [2.24, 2.45) is 4.99 Å². The van der Waals surface area contributed by atoms with Gasteiger partial charge in [-0.1, -0.05) is 12.1 Å². The average molecular weight is 446 g/mol. The fraction of sp³-hybridized carbons (Fsp3) is 0.625. The van der Waals surface area contributed by atoms with Crippen molar-refractivity contribution >= 4 is 18.0 Å². The Hall–Kier alpha value is -2.77. The molecule has 1 aliphatic heterocycles. The molecule has 8 nitrogen and oxygen atoms in total. The van der Waals surface area contributed by atoms with Crippen LogP contribution in [0.4, 0.5) is 4.79 Å². The summed E-state index contributed by atoms with van der Waals surface area (Å²) in [6.07, 6.45) is 2.78. The third-order valence-electron chi connectivity index (χ3n) is 5.13. The molecule has 32 heavy (non-hydrogen) atoms. The van der Waals surface area contributed by atoms with Gasteiger partial charge in [-0.05, 0) is 64.7 Å². The average Bonchev–Trinajstić information content (AvgIpc) is 2.74. The number of nitrogens with zero attached hydrogens (tertiary/aromatic N) is 3. The summed E-state index contributed by atoms with van der Waals surface area (Å²) in [4.78, 5) is 32.7. The summed E-state index contributed by atoms with van der Waals surface area (Å²) in [5.41, 5.74) is 1.17. The zero-order chi connectivity index (χ0) is 23.7. The predicted octanol–water partition coefficient (Wildman–Crippen LogP) is 3.23. The highest BCUT2D eigenvalue weighted by Crippen LogP contribution is 2.20. The molecule has 1 fully saturated rings. The SMILES string of the molecule is CCNC(=NCc1ccc(C(=O)N(C)C)cc1)NCC1CCCCN1C(=O)OC(C)(C)C. The van der Waals surface area contributed by atoms with Crippen LogP contribution in [0, 0.1) is 0 Å². The molecule has 1 atom stereocenters. The smallest absolute Gasteiger partial charge is 0.410 e. The number of amides is 2. The van der Waals surface area contributed by atoms with E-state index in [1.165, 1.54) is 0 Å². The van der Waals surface area contributed by atoms with E-state index in [9.17, 15) is 9.59 Å². The van der Waals surface area contributed by atoms with Crippen LogP contribution in [0.25, 0.3) is 0 Å². The molecule has 1 aliphatic rings. The highest BCUT2D eigenvalue weighted by Gasteiger charge is 2.30. The maximum atomic E-state index is 12.6. The third kappa shape index (κ3) is 8.05. The van der Waals surface area contributed by atoms with Crippen LogP contribution in [0.2, 0.25) is 0 Å². The second-order valence-corrected chi connectivity index (χ2v) is 9.30. The number of hydrogen-bond donors (Lipinski definition) is 2. The largest absolute Gasteiger partial charge is 0.444 e. The van der Waals surface area contributed by atoms with E-state index in [1.54, 1.807) is 19.0 Å². The molecule has 1 unspecified atom stereocenters. The van der Waals surface area contributed by atoms with Gasteiger partial charge in [-0.15, -0.1) is 0 Å². The van der Waals surface area contributed by atoms with E-state index in [2.05, 4.69) is 15.6 Å². The molecule has 1 saturated heterocycles. The van der Waals surface area contributed by atoms with Crippen molar-refractivity contribution in [2.45, 2.75) is 65.1 Å². The molecule has 178 valence electrons. The summed E-state index contributed by atoms with van der Waals surface area (Å²) < 4.78 is 5.59. The predicted molar refractivity (Wildman–Crippen MR) is 128 cm³/mol. The summed E-state index contributed by atoms with van der Waals surface area (Å²) in [5.74, 6) is 0.688. The maximum Gasteiger partial charge on any atom is 0.410 e. The lowest BCUT2D eigenvalue weighted by molar-refractivity contribution is 0.0104. The molecule has 0 aromatic heterocycles. The van der Waals surface area contributed by atoms with Crippen LogP contribution in [0.5, 0.6) is 0 Å². The minimum absolute atomic E-state index is 0.0166. The molecular weight excluding hydrogens is 406 g/mol. The normalized spacial score (nSPS) is 17.0. The number of piperidine rings is 1. The lowest BCUT2D eigenvalue weighted by Crippen LogP contribution is -2.52. The van der Waals surface area contributed by atoms with Crippen molar-refractivity contribution in [1.82, 2.24) is 20.4 Å². The van der Waals surface area contributed by atoms with Crippen molar-refractivity contribution in [2.75, 3.05) is 33.7 Å². The first-order valence-corrected chi connectivity index (χ1v) is 11.4. The minimum Gasteiger partial charge on any atom is -0.444 e. The Balaban J connectivity index is 1.98. The Morgan fingerprint density at radius 3 is 2.44 bits per heavy atom. The van der Waals surface area contributed by atoms with E-state index < -0.39 is 5.60 Å². The molecule has 0 radical (unpaired) electrons. The number of likely N-dealkylation sites (tertiary alicyclic amines) is 1. The van der Waals surface area contributed by atoms with Gasteiger partial charge in [-0.2, -0.15) is 0 Å². The van der Waals surface area contributed by atoms with Crippen molar-refractivity contribution in [1.29, 1.82) is 0 Å². The molecule has 0 spiro atoms. The molecule has 8 heteroatoms. The second kappa shape index (κ2) is 11.7. The van der Waals surface area contributed by atoms with Crippen LogP contribution in [0.15, 0.2) is 29.3 Å². The van der Waals surface area contributed by atoms with Gasteiger partial charge in [0.05, 0.1) is 12.6 Å². The Bertz CT molecular complexity index is 784. The summed E-state index contributed by atoms with van der Waals surface area (Å²) in [5, 5.41) is 6.64. The van der Waals surface area contributed by atoms with E-state index in [0.29, 0.717) is 31.2 Å². The Labute approximate surface area is 192 Å². The molecule has 0 saturated carbocycles. The number of hydrogen-bond acceptors (Lipinski definition) is 4. The fourth-order valence-corrected chi connectivity index (χ4v) is 3.51. The lowest BCUT2D eigenvalue weighted by Gasteiger charge is -2.37. The number of guanidine groups is 1. The topological polar surface area (TPSA) is 86.3 Å². The zero-order valence-corrected chi connectivity index (χ0v) is 20.4. The number of benzene rings is 1. The van der Waals surface area contributed by atoms with Gasteiger partial charge in [-0.3, -0.25) is 4.79 Å². The number of ether oxygens (including phenoxy) is 1. The maximum absolute atomic E-state index is 12.6. The number of rotatable bonds is 6. The first-order chi connectivity index (χ1) is 15.1. The van der Waals surface area contributed by atoms with E-state index in [-0.39, 0.29) is 18.0 Å². The summed E-state index contributed by atoms with van der Waals surface area (Å²) in [6.45, 7) is 10.2. The van der Waals surface area contributed by atoms with Crippen molar-refractivity contribution in [3.63, 3.8) is 0 Å². The van der Waals surface area contributed by atoms with Crippen LogP contribution in [-0.4, -0.2) is 73.1 Å². The van der Waals surface area contributed by atoms with Crippen molar-refractivity contribution in [3.8, 4) is 0 Å². The fourth-order valence-electron chi connectivity index (χ4n) is 3.51. The monoisotopic (exact) mass is 445 g/mol. The van der Waals surface area contributed by atoms with Gasteiger partial charge in [0.1, 0.15) is 5.60 Å². The minimum atomic E-state index is -0.504. The second-order valence-electron chi connectivity index (χ2n) is 9.30. The molecule has 2 N–H and O–H groups in total. The molecule has 1 heterocycles. The number of aliphatic imine (C=N–C) groups is 1. The van der Waals surface area contributed by atoms with Gasteiger partial charge >= 0.3 is 6.09 Å². The highest BCUT2D eigenvalue weighted by atomic mass is 16.6. The molecular formula is C24H39N5O3. The van der Waals surface area contributed by atoms with Crippen LogP contribution in [-0.2, 0) is 11.3 Å². The quantitative estimate of drug-likeness (QED) is 0.519. The molecule has 0 aliphatic carbocycles. The van der Waals surface area contributed by atoms with Gasteiger partial charge in [0.25, 0.3) is 5.91 Å². The summed E-state index contributed by atoms with van der Waals surface area (Å²) in [6, 6.07) is 7.58. The van der Waals surface area contributed by atoms with Crippen LogP contribution in [0.3, 0.4) is 0 Å². The standard InChI is InChI=1S/C24H39N5O3/c1-7-25-22(26-16-18-11-13-19(14-12-18)21(30)28(5)6)27-17-20-10-8-9-15-29(20)23(31)32-24(2,3)4/h11-14,20H,7-10,15-17H2,1-6H3,(H2,25,26,27). The lowest BCUT2D eigenvalue weighted by atomic mass is 10.0. The summed E-state index contributed by atoms with van der Waals surface area (Å²) in [7, 11) is 3.48. The van der Waals surface area contributed by atoms with Gasteiger partial charge in [0.2, 0.25) is 0 Å². The van der Waals surface area contributed by atoms with E-state index in [4.69, 9.17) is 4.74 Å². The third-order valence-corrected chi connectivity index (χ3v) is 5.13. The van der Waals surface area contributed by atoms with E-state index >= 15 is 0 Å². The van der Waals surface area contributed by atoms with Gasteiger partial charge in [-0.25, -0.2) is 9.79 Å².